The molecule has 1 N–H and O–H groups in total. The van der Waals surface area contributed by atoms with Gasteiger partial charge in [0.05, 0.1) is 29.2 Å². The van der Waals surface area contributed by atoms with Crippen molar-refractivity contribution < 1.29 is 8.78 Å². The normalized spacial score (nSPS) is 11.3. The minimum absolute atomic E-state index is 0.0407. The van der Waals surface area contributed by atoms with Crippen LogP contribution in [0.2, 0.25) is 5.02 Å². The summed E-state index contributed by atoms with van der Waals surface area (Å²) in [5, 5.41) is 8.05. The number of aromatic nitrogens is 5. The predicted molar refractivity (Wildman–Crippen MR) is 110 cm³/mol. The molecule has 0 saturated carbocycles. The molecule has 3 aromatic rings. The van der Waals surface area contributed by atoms with Crippen LogP contribution in [0.5, 0.6) is 0 Å². The van der Waals surface area contributed by atoms with E-state index in [0.717, 1.165) is 23.0 Å². The van der Waals surface area contributed by atoms with Crippen molar-refractivity contribution >= 4 is 11.6 Å². The molecule has 8 heteroatoms. The monoisotopic (exact) mass is 421 g/mol. The maximum atomic E-state index is 14.1. The molecule has 0 aliphatic carbocycles. The van der Waals surface area contributed by atoms with Gasteiger partial charge < -0.3 is 4.57 Å². The quantitative estimate of drug-likeness (QED) is 0.421. The van der Waals surface area contributed by atoms with Crippen LogP contribution in [0.4, 0.5) is 8.78 Å². The molecule has 30 heavy (non-hydrogen) atoms. The Hall–Kier alpha value is -3.58. The molecular formula is C22H14ClF2N5. The molecule has 0 saturated heterocycles. The molecule has 2 aromatic carbocycles. The van der Waals surface area contributed by atoms with Gasteiger partial charge in [0.1, 0.15) is 5.69 Å². The van der Waals surface area contributed by atoms with Gasteiger partial charge in [0, 0.05) is 23.0 Å². The van der Waals surface area contributed by atoms with Gasteiger partial charge in [-0.2, -0.15) is 5.10 Å². The lowest BCUT2D eigenvalue weighted by molar-refractivity contribution is 0.510. The van der Waals surface area contributed by atoms with Crippen LogP contribution in [0.15, 0.2) is 67.0 Å². The third-order valence-electron chi connectivity index (χ3n) is 4.74. The molecule has 148 valence electrons. The lowest BCUT2D eigenvalue weighted by Gasteiger charge is -2.05. The number of pyridine rings is 1. The van der Waals surface area contributed by atoms with Crippen molar-refractivity contribution in [3.63, 3.8) is 0 Å². The molecule has 3 heterocycles. The summed E-state index contributed by atoms with van der Waals surface area (Å²) >= 11 is 5.93. The number of nitrogens with one attached hydrogen (secondary N) is 1. The van der Waals surface area contributed by atoms with Crippen LogP contribution in [0.1, 0.15) is 5.69 Å². The Morgan fingerprint density at radius 2 is 1.73 bits per heavy atom. The molecule has 5 nitrogen and oxygen atoms in total. The molecule has 0 fully saturated rings. The molecule has 0 amide bonds. The Morgan fingerprint density at radius 3 is 2.57 bits per heavy atom. The fourth-order valence-electron chi connectivity index (χ4n) is 3.25. The Bertz CT molecular complexity index is 1310. The Balaban J connectivity index is 1.42. The van der Waals surface area contributed by atoms with Crippen molar-refractivity contribution in [2.75, 3.05) is 0 Å². The number of benzene rings is 2. The van der Waals surface area contributed by atoms with E-state index >= 15 is 0 Å². The minimum atomic E-state index is -0.951. The van der Waals surface area contributed by atoms with Gasteiger partial charge in [-0.05, 0) is 36.4 Å². The largest absolute Gasteiger partial charge is 0.346 e. The molecular weight excluding hydrogens is 408 g/mol. The lowest BCUT2D eigenvalue weighted by Crippen LogP contribution is -2.01. The second-order valence-corrected chi connectivity index (χ2v) is 7.26. The van der Waals surface area contributed by atoms with Crippen molar-refractivity contribution in [3.8, 4) is 34.0 Å². The first-order valence-electron chi connectivity index (χ1n) is 9.15. The third-order valence-corrected chi connectivity index (χ3v) is 5.00. The standard InChI is InChI=1S/C22H14ClF2N5/c23-14-6-4-13(5-7-14)19-10-15(28-29-19)11-30-9-8-18-20(12-30)27-22(26-18)16-2-1-3-17(24)21(16)25/h1-10,12H,11H2,(H,28,29). The number of hydrogen-bond acceptors (Lipinski definition) is 3. The van der Waals surface area contributed by atoms with Gasteiger partial charge in [-0.25, -0.2) is 18.7 Å². The van der Waals surface area contributed by atoms with Crippen molar-refractivity contribution in [2.24, 2.45) is 0 Å². The van der Waals surface area contributed by atoms with E-state index in [0.29, 0.717) is 23.0 Å². The number of nitrogens with zero attached hydrogens (tertiary/aromatic N) is 4. The molecule has 0 bridgehead atoms. The second-order valence-electron chi connectivity index (χ2n) is 6.82. The summed E-state index contributed by atoms with van der Waals surface area (Å²) in [5.41, 5.74) is 3.93. The molecule has 0 unspecified atom stereocenters. The van der Waals surface area contributed by atoms with Crippen molar-refractivity contribution in [2.45, 2.75) is 6.54 Å². The summed E-state index contributed by atoms with van der Waals surface area (Å²) in [4.78, 5) is 8.69. The molecule has 0 radical (unpaired) electrons. The maximum Gasteiger partial charge on any atom is 0.169 e. The van der Waals surface area contributed by atoms with Crippen molar-refractivity contribution in [1.82, 2.24) is 24.7 Å². The van der Waals surface area contributed by atoms with Crippen LogP contribution in [-0.4, -0.2) is 24.7 Å². The first kappa shape index (κ1) is 18.4. The number of rotatable bonds is 4. The van der Waals surface area contributed by atoms with E-state index in [9.17, 15) is 8.78 Å². The van der Waals surface area contributed by atoms with E-state index in [1.165, 1.54) is 12.1 Å². The third kappa shape index (κ3) is 3.44. The van der Waals surface area contributed by atoms with Gasteiger partial charge in [0.25, 0.3) is 0 Å². The Kier molecular flexibility index (Phi) is 4.52. The van der Waals surface area contributed by atoms with Crippen LogP contribution >= 0.6 is 11.6 Å². The summed E-state index contributed by atoms with van der Waals surface area (Å²) < 4.78 is 29.5. The molecule has 2 aliphatic heterocycles. The molecule has 0 atom stereocenters. The van der Waals surface area contributed by atoms with Crippen molar-refractivity contribution in [3.05, 3.63) is 89.3 Å². The summed E-state index contributed by atoms with van der Waals surface area (Å²) in [5.74, 6) is -1.72. The maximum absolute atomic E-state index is 14.1. The first-order valence-corrected chi connectivity index (χ1v) is 9.53. The van der Waals surface area contributed by atoms with E-state index in [1.807, 2.05) is 47.3 Å². The average molecular weight is 422 g/mol. The number of H-pyrrole nitrogens is 1. The van der Waals surface area contributed by atoms with Crippen LogP contribution in [0, 0.1) is 11.6 Å². The average Bonchev–Trinajstić information content (AvgIpc) is 3.37. The number of halogens is 3. The zero-order valence-corrected chi connectivity index (χ0v) is 16.2. The number of fused-ring (bicyclic) bond motifs is 1. The van der Waals surface area contributed by atoms with Crippen LogP contribution in [-0.2, 0) is 6.54 Å². The predicted octanol–water partition coefficient (Wildman–Crippen LogP) is 5.42. The van der Waals surface area contributed by atoms with E-state index in [2.05, 4.69) is 20.2 Å². The lowest BCUT2D eigenvalue weighted by atomic mass is 10.1. The number of aromatic amines is 1. The zero-order valence-electron chi connectivity index (χ0n) is 15.5. The highest BCUT2D eigenvalue weighted by molar-refractivity contribution is 6.30. The van der Waals surface area contributed by atoms with Crippen LogP contribution in [0.3, 0.4) is 0 Å². The first-order chi connectivity index (χ1) is 14.6. The Labute approximate surface area is 175 Å². The summed E-state index contributed by atoms with van der Waals surface area (Å²) in [7, 11) is 0. The Morgan fingerprint density at radius 1 is 0.933 bits per heavy atom. The van der Waals surface area contributed by atoms with Gasteiger partial charge in [-0.3, -0.25) is 5.10 Å². The molecule has 1 aromatic heterocycles. The highest BCUT2D eigenvalue weighted by Crippen LogP contribution is 2.27. The summed E-state index contributed by atoms with van der Waals surface area (Å²) in [6.07, 6.45) is 3.66. The SMILES string of the molecule is Fc1cccc(-c2nc3ccn(Cc4cc(-c5ccc(Cl)cc5)n[nH]4)cc-3n2)c1F. The second kappa shape index (κ2) is 7.35. The fourth-order valence-corrected chi connectivity index (χ4v) is 3.38. The fraction of sp³-hybridized carbons (Fsp3) is 0.0455. The number of hydrogen-bond donors (Lipinski definition) is 1. The van der Waals surface area contributed by atoms with Gasteiger partial charge in [0.2, 0.25) is 0 Å². The zero-order chi connectivity index (χ0) is 20.7. The molecule has 0 spiro atoms. The molecule has 5 rings (SSSR count). The van der Waals surface area contributed by atoms with Gasteiger partial charge >= 0.3 is 0 Å². The van der Waals surface area contributed by atoms with E-state index < -0.39 is 11.6 Å². The topological polar surface area (TPSA) is 59.4 Å². The summed E-state index contributed by atoms with van der Waals surface area (Å²) in [6, 6.07) is 15.2. The highest BCUT2D eigenvalue weighted by Gasteiger charge is 2.17. The van der Waals surface area contributed by atoms with Gasteiger partial charge in [0.15, 0.2) is 17.5 Å². The summed E-state index contributed by atoms with van der Waals surface area (Å²) in [6.45, 7) is 0.535. The van der Waals surface area contributed by atoms with Gasteiger partial charge in [-0.1, -0.05) is 29.8 Å². The number of imidazole rings is 1. The van der Waals surface area contributed by atoms with Crippen LogP contribution < -0.4 is 0 Å². The van der Waals surface area contributed by atoms with Crippen molar-refractivity contribution in [1.29, 1.82) is 0 Å². The van der Waals surface area contributed by atoms with E-state index in [4.69, 9.17) is 11.6 Å². The highest BCUT2D eigenvalue weighted by atomic mass is 35.5. The smallest absolute Gasteiger partial charge is 0.169 e. The van der Waals surface area contributed by atoms with Gasteiger partial charge in [-0.15, -0.1) is 0 Å². The van der Waals surface area contributed by atoms with Crippen LogP contribution in [0.25, 0.3) is 34.0 Å². The van der Waals surface area contributed by atoms with E-state index in [-0.39, 0.29) is 11.4 Å². The molecule has 2 aliphatic rings. The minimum Gasteiger partial charge on any atom is -0.346 e. The van der Waals surface area contributed by atoms with E-state index in [1.54, 1.807) is 6.07 Å².